The lowest BCUT2D eigenvalue weighted by Gasteiger charge is -2.32. The number of anilines is 1. The Hall–Kier alpha value is -3.09. The number of sulfonamides is 1. The van der Waals surface area contributed by atoms with Gasteiger partial charge in [0.2, 0.25) is 15.9 Å². The summed E-state index contributed by atoms with van der Waals surface area (Å²) >= 11 is 1.77. The number of carbonyl (C=O) groups excluding carboxylic acids is 2. The Kier molecular flexibility index (Phi) is 8.64. The van der Waals surface area contributed by atoms with Crippen LogP contribution in [0.1, 0.15) is 25.3 Å². The van der Waals surface area contributed by atoms with Crippen LogP contribution in [0.5, 0.6) is 5.75 Å². The smallest absolute Gasteiger partial charge is 0.415 e. The second-order valence-corrected chi connectivity index (χ2v) is 12.4. The summed E-state index contributed by atoms with van der Waals surface area (Å²) in [6.07, 6.45) is 0.282. The molecule has 2 aliphatic heterocycles. The second kappa shape index (κ2) is 11.7. The summed E-state index contributed by atoms with van der Waals surface area (Å²) in [5, 5.41) is 9.75. The van der Waals surface area contributed by atoms with Crippen LogP contribution in [0.15, 0.2) is 53.4 Å². The monoisotopic (exact) mass is 561 g/mol. The van der Waals surface area contributed by atoms with E-state index >= 15 is 0 Å². The Morgan fingerprint density at radius 3 is 2.26 bits per heavy atom. The number of aryl methyl sites for hydroxylation is 1. The zero-order valence-corrected chi connectivity index (χ0v) is 22.9. The maximum atomic E-state index is 13.8. The van der Waals surface area contributed by atoms with E-state index in [4.69, 9.17) is 4.74 Å². The Morgan fingerprint density at radius 1 is 1.03 bits per heavy atom. The Labute approximate surface area is 226 Å². The molecule has 2 aliphatic rings. The molecule has 38 heavy (non-hydrogen) atoms. The van der Waals surface area contributed by atoms with Crippen molar-refractivity contribution in [2.24, 2.45) is 0 Å². The van der Waals surface area contributed by atoms with E-state index in [-0.39, 0.29) is 29.3 Å². The van der Waals surface area contributed by atoms with Gasteiger partial charge in [0.25, 0.3) is 0 Å². The third kappa shape index (κ3) is 5.97. The molecule has 0 unspecified atom stereocenters. The fraction of sp³-hybridized carbons (Fsp3) is 0.423. The van der Waals surface area contributed by atoms with Crippen LogP contribution in [0, 0.1) is 6.92 Å². The molecule has 2 atom stereocenters. The molecule has 2 aromatic rings. The topological polar surface area (TPSA) is 125 Å². The van der Waals surface area contributed by atoms with Crippen LogP contribution in [-0.2, 0) is 19.6 Å². The van der Waals surface area contributed by atoms with E-state index in [0.717, 1.165) is 26.3 Å². The highest BCUT2D eigenvalue weighted by atomic mass is 32.2. The number of aliphatic carboxylic acids is 1. The first-order chi connectivity index (χ1) is 18.1. The number of carbonyl (C=O) groups is 3. The highest BCUT2D eigenvalue weighted by molar-refractivity contribution is 7.99. The van der Waals surface area contributed by atoms with E-state index < -0.39 is 40.1 Å². The molecule has 1 N–H and O–H groups in total. The summed E-state index contributed by atoms with van der Waals surface area (Å²) in [6.45, 7) is 4.58. The second-order valence-electron chi connectivity index (χ2n) is 9.27. The zero-order valence-electron chi connectivity index (χ0n) is 21.3. The summed E-state index contributed by atoms with van der Waals surface area (Å²) in [5.74, 6) is 0.0923. The predicted molar refractivity (Wildman–Crippen MR) is 144 cm³/mol. The summed E-state index contributed by atoms with van der Waals surface area (Å²) in [5.41, 5.74) is 1.17. The van der Waals surface area contributed by atoms with Gasteiger partial charge in [-0.25, -0.2) is 18.0 Å². The molecular weight excluding hydrogens is 530 g/mol. The van der Waals surface area contributed by atoms with Gasteiger partial charge in [0.05, 0.1) is 4.90 Å². The molecule has 2 saturated heterocycles. The third-order valence-electron chi connectivity index (χ3n) is 6.69. The van der Waals surface area contributed by atoms with Crippen LogP contribution in [0.4, 0.5) is 10.5 Å². The molecule has 4 rings (SSSR count). The van der Waals surface area contributed by atoms with E-state index in [1.165, 1.54) is 43.3 Å². The van der Waals surface area contributed by atoms with Gasteiger partial charge >= 0.3 is 12.1 Å². The summed E-state index contributed by atoms with van der Waals surface area (Å²) in [6, 6.07) is 10.1. The highest BCUT2D eigenvalue weighted by Gasteiger charge is 2.43. The number of hydrogen-bond donors (Lipinski definition) is 1. The zero-order chi connectivity index (χ0) is 27.4. The number of rotatable bonds is 7. The molecule has 0 aliphatic carbocycles. The van der Waals surface area contributed by atoms with E-state index in [2.05, 4.69) is 0 Å². The van der Waals surface area contributed by atoms with E-state index in [9.17, 15) is 27.9 Å². The number of carboxylic acid groups (broad SMARTS) is 1. The van der Waals surface area contributed by atoms with Gasteiger partial charge in [0.1, 0.15) is 17.8 Å². The molecule has 0 bridgehead atoms. The number of thioether (sulfide) groups is 1. The van der Waals surface area contributed by atoms with Crippen LogP contribution < -0.4 is 9.64 Å². The summed E-state index contributed by atoms with van der Waals surface area (Å²) in [4.78, 5) is 40.9. The Bertz CT molecular complexity index is 1280. The van der Waals surface area contributed by atoms with Crippen molar-refractivity contribution in [1.29, 1.82) is 0 Å². The van der Waals surface area contributed by atoms with Crippen molar-refractivity contribution < 1.29 is 32.6 Å². The van der Waals surface area contributed by atoms with Gasteiger partial charge in [-0.3, -0.25) is 9.69 Å². The van der Waals surface area contributed by atoms with Crippen LogP contribution in [0.25, 0.3) is 0 Å². The quantitative estimate of drug-likeness (QED) is 0.547. The summed E-state index contributed by atoms with van der Waals surface area (Å²) < 4.78 is 33.4. The standard InChI is InChI=1S/C26H31N3O7S2/c1-18-5-11-22(12-6-18)38(34,35)28-13-3-4-23(28)24(30)29(19(2)25(31)32)20-7-9-21(10-8-20)36-26(33)27-14-16-37-17-15-27/h5-12,19,23H,3-4,13-17H2,1-2H3,(H,31,32)/t19-,23-/m0/s1. The molecule has 0 radical (unpaired) electrons. The van der Waals surface area contributed by atoms with Gasteiger partial charge in [-0.15, -0.1) is 0 Å². The van der Waals surface area contributed by atoms with Crippen molar-refractivity contribution >= 4 is 45.4 Å². The average Bonchev–Trinajstić information content (AvgIpc) is 3.41. The van der Waals surface area contributed by atoms with Gasteiger partial charge in [0.15, 0.2) is 0 Å². The molecule has 0 aromatic heterocycles. The number of hydrogen-bond acceptors (Lipinski definition) is 7. The lowest BCUT2D eigenvalue weighted by Crippen LogP contribution is -2.52. The molecule has 0 saturated carbocycles. The Balaban J connectivity index is 1.57. The summed E-state index contributed by atoms with van der Waals surface area (Å²) in [7, 11) is -3.97. The maximum absolute atomic E-state index is 13.8. The fourth-order valence-electron chi connectivity index (χ4n) is 4.52. The van der Waals surface area contributed by atoms with Gasteiger partial charge in [0, 0.05) is 36.8 Å². The van der Waals surface area contributed by atoms with Crippen LogP contribution in [0.3, 0.4) is 0 Å². The van der Waals surface area contributed by atoms with Gasteiger partial charge < -0.3 is 14.7 Å². The lowest BCUT2D eigenvalue weighted by atomic mass is 10.1. The van der Waals surface area contributed by atoms with E-state index in [1.54, 1.807) is 28.8 Å². The number of amides is 2. The van der Waals surface area contributed by atoms with Crippen LogP contribution in [0.2, 0.25) is 0 Å². The minimum atomic E-state index is -3.97. The molecule has 2 amide bonds. The fourth-order valence-corrected chi connectivity index (χ4v) is 7.07. The van der Waals surface area contributed by atoms with Crippen LogP contribution in [-0.4, -0.2) is 83.9 Å². The lowest BCUT2D eigenvalue weighted by molar-refractivity contribution is -0.140. The van der Waals surface area contributed by atoms with E-state index in [1.807, 2.05) is 6.92 Å². The van der Waals surface area contributed by atoms with Crippen molar-refractivity contribution in [3.8, 4) is 5.75 Å². The SMILES string of the molecule is Cc1ccc(S(=O)(=O)N2CCC[C@H]2C(=O)N(c2ccc(OC(=O)N3CCSCC3)cc2)[C@@H](C)C(=O)O)cc1. The third-order valence-corrected chi connectivity index (χ3v) is 9.55. The number of nitrogens with zero attached hydrogens (tertiary/aromatic N) is 3. The van der Waals surface area contributed by atoms with Crippen LogP contribution >= 0.6 is 11.8 Å². The van der Waals surface area contributed by atoms with Gasteiger partial charge in [-0.2, -0.15) is 16.1 Å². The Morgan fingerprint density at radius 2 is 1.66 bits per heavy atom. The molecule has 12 heteroatoms. The van der Waals surface area contributed by atoms with Crippen molar-refractivity contribution in [1.82, 2.24) is 9.21 Å². The highest BCUT2D eigenvalue weighted by Crippen LogP contribution is 2.31. The first-order valence-corrected chi connectivity index (χ1v) is 15.0. The average molecular weight is 562 g/mol. The first-order valence-electron chi connectivity index (χ1n) is 12.4. The predicted octanol–water partition coefficient (Wildman–Crippen LogP) is 3.20. The molecular formula is C26H31N3O7S2. The minimum absolute atomic E-state index is 0.0825. The normalized spacial score (nSPS) is 19.1. The molecule has 10 nitrogen and oxygen atoms in total. The molecule has 2 fully saturated rings. The minimum Gasteiger partial charge on any atom is -0.480 e. The van der Waals surface area contributed by atoms with Crippen molar-refractivity contribution in [3.63, 3.8) is 0 Å². The molecule has 0 spiro atoms. The number of ether oxygens (including phenoxy) is 1. The maximum Gasteiger partial charge on any atom is 0.415 e. The van der Waals surface area contributed by atoms with E-state index in [0.29, 0.717) is 19.5 Å². The van der Waals surface area contributed by atoms with Gasteiger partial charge in [-0.05, 0) is 63.1 Å². The largest absolute Gasteiger partial charge is 0.480 e. The van der Waals surface area contributed by atoms with Crippen molar-refractivity contribution in [3.05, 3.63) is 54.1 Å². The number of benzene rings is 2. The van der Waals surface area contributed by atoms with Gasteiger partial charge in [-0.1, -0.05) is 17.7 Å². The molecule has 2 aromatic carbocycles. The number of carboxylic acids is 1. The molecule has 2 heterocycles. The van der Waals surface area contributed by atoms with Crippen molar-refractivity contribution in [2.45, 2.75) is 43.7 Å². The molecule has 204 valence electrons. The first kappa shape index (κ1) is 27.9. The van der Waals surface area contributed by atoms with Crippen molar-refractivity contribution in [2.75, 3.05) is 36.0 Å².